The van der Waals surface area contributed by atoms with E-state index in [9.17, 15) is 4.79 Å². The number of carbonyl (C=O) groups excluding carboxylic acids is 1. The maximum atomic E-state index is 11.9. The number of esters is 1. The van der Waals surface area contributed by atoms with Crippen LogP contribution in [0.3, 0.4) is 0 Å². The van der Waals surface area contributed by atoms with E-state index in [0.29, 0.717) is 17.6 Å². The lowest BCUT2D eigenvalue weighted by molar-refractivity contribution is -0.171. The Labute approximate surface area is 136 Å². The van der Waals surface area contributed by atoms with Crippen LogP contribution in [0.4, 0.5) is 0 Å². The maximum Gasteiger partial charge on any atom is 0.316 e. The number of hydrogen-bond donors (Lipinski definition) is 0. The Morgan fingerprint density at radius 2 is 1.91 bits per heavy atom. The van der Waals surface area contributed by atoms with Gasteiger partial charge in [-0.05, 0) is 23.9 Å². The van der Waals surface area contributed by atoms with Gasteiger partial charge in [0.15, 0.2) is 12.1 Å². The Morgan fingerprint density at radius 1 is 1.26 bits per heavy atom. The molecule has 1 fully saturated rings. The van der Waals surface area contributed by atoms with Crippen molar-refractivity contribution in [2.24, 2.45) is 11.8 Å². The van der Waals surface area contributed by atoms with Crippen LogP contribution in [-0.2, 0) is 19.0 Å². The van der Waals surface area contributed by atoms with E-state index in [1.54, 1.807) is 20.3 Å². The van der Waals surface area contributed by atoms with Crippen LogP contribution in [0.25, 0.3) is 0 Å². The van der Waals surface area contributed by atoms with E-state index in [1.165, 1.54) is 7.11 Å². The molecule has 130 valence electrons. The van der Waals surface area contributed by atoms with Gasteiger partial charge in [-0.3, -0.25) is 4.79 Å². The molecule has 1 aliphatic rings. The third-order valence-electron chi connectivity index (χ3n) is 4.20. The molecule has 0 aliphatic heterocycles. The Kier molecular flexibility index (Phi) is 6.01. The molecule has 1 aliphatic carbocycles. The summed E-state index contributed by atoms with van der Waals surface area (Å²) >= 11 is 0. The second-order valence-corrected chi connectivity index (χ2v) is 6.12. The summed E-state index contributed by atoms with van der Waals surface area (Å²) in [4.78, 5) is 11.9. The highest BCUT2D eigenvalue weighted by Crippen LogP contribution is 2.36. The number of ether oxygens (including phenoxy) is 4. The normalized spacial score (nSPS) is 22.0. The van der Waals surface area contributed by atoms with Crippen molar-refractivity contribution in [2.75, 3.05) is 21.3 Å². The zero-order valence-corrected chi connectivity index (χ0v) is 14.3. The molecular weight excluding hydrogens is 302 g/mol. The zero-order chi connectivity index (χ0) is 17.0. The number of carbonyl (C=O) groups is 1. The molecule has 1 aromatic rings. The molecule has 7 heteroatoms. The summed E-state index contributed by atoms with van der Waals surface area (Å²) in [5.41, 5.74) is 0. The van der Waals surface area contributed by atoms with Crippen LogP contribution in [0.1, 0.15) is 38.4 Å². The first-order valence-corrected chi connectivity index (χ1v) is 7.76. The van der Waals surface area contributed by atoms with Crippen molar-refractivity contribution in [1.29, 1.82) is 0 Å². The van der Waals surface area contributed by atoms with Gasteiger partial charge in [0.2, 0.25) is 0 Å². The van der Waals surface area contributed by atoms with Gasteiger partial charge in [-0.1, -0.05) is 13.8 Å². The maximum absolute atomic E-state index is 11.9. The molecule has 0 saturated heterocycles. The second kappa shape index (κ2) is 7.79. The van der Waals surface area contributed by atoms with Crippen LogP contribution in [0.2, 0.25) is 0 Å². The van der Waals surface area contributed by atoms with E-state index in [0.717, 1.165) is 12.8 Å². The van der Waals surface area contributed by atoms with Crippen LogP contribution in [-0.4, -0.2) is 44.8 Å². The molecule has 0 bridgehead atoms. The number of aromatic nitrogens is 1. The first kappa shape index (κ1) is 17.7. The molecular formula is C16H25NO6. The lowest BCUT2D eigenvalue weighted by Crippen LogP contribution is -2.42. The fourth-order valence-corrected chi connectivity index (χ4v) is 2.89. The smallest absolute Gasteiger partial charge is 0.316 e. The average Bonchev–Trinajstić information content (AvgIpc) is 2.93. The van der Waals surface area contributed by atoms with Crippen LogP contribution in [0, 0.1) is 11.8 Å². The molecule has 1 atom stereocenters. The van der Waals surface area contributed by atoms with Gasteiger partial charge in [0.25, 0.3) is 5.88 Å². The Balaban J connectivity index is 1.92. The molecule has 1 heterocycles. The highest BCUT2D eigenvalue weighted by atomic mass is 16.7. The minimum atomic E-state index is -0.481. The predicted molar refractivity (Wildman–Crippen MR) is 81.0 cm³/mol. The minimum Gasteiger partial charge on any atom is -0.472 e. The average molecular weight is 327 g/mol. The first-order chi connectivity index (χ1) is 11.0. The topological polar surface area (TPSA) is 80.0 Å². The third-order valence-corrected chi connectivity index (χ3v) is 4.20. The van der Waals surface area contributed by atoms with Gasteiger partial charge in [0.05, 0.1) is 7.11 Å². The SMILES string of the molecule is COC(=O)C(c1cc(OC2CC(C(OC)OC)C2)no1)C(C)C. The minimum absolute atomic E-state index is 0.0421. The number of hydrogen-bond acceptors (Lipinski definition) is 7. The van der Waals surface area contributed by atoms with Gasteiger partial charge in [0.1, 0.15) is 12.0 Å². The van der Waals surface area contributed by atoms with Gasteiger partial charge in [-0.2, -0.15) is 0 Å². The van der Waals surface area contributed by atoms with E-state index in [-0.39, 0.29) is 24.3 Å². The monoisotopic (exact) mass is 327 g/mol. The van der Waals surface area contributed by atoms with Crippen LogP contribution in [0.5, 0.6) is 5.88 Å². The molecule has 1 saturated carbocycles. The van der Waals surface area contributed by atoms with Gasteiger partial charge in [0, 0.05) is 26.2 Å². The predicted octanol–water partition coefficient (Wildman–Crippen LogP) is 2.36. The molecule has 7 nitrogen and oxygen atoms in total. The van der Waals surface area contributed by atoms with Crippen molar-refractivity contribution in [1.82, 2.24) is 5.16 Å². The Hall–Kier alpha value is -1.60. The van der Waals surface area contributed by atoms with Crippen molar-refractivity contribution >= 4 is 5.97 Å². The summed E-state index contributed by atoms with van der Waals surface area (Å²) in [7, 11) is 4.62. The molecule has 1 unspecified atom stereocenters. The molecule has 0 spiro atoms. The van der Waals surface area contributed by atoms with Gasteiger partial charge in [-0.15, -0.1) is 0 Å². The fraction of sp³-hybridized carbons (Fsp3) is 0.750. The van der Waals surface area contributed by atoms with Crippen molar-refractivity contribution in [3.63, 3.8) is 0 Å². The number of methoxy groups -OCH3 is 3. The number of rotatable bonds is 8. The summed E-state index contributed by atoms with van der Waals surface area (Å²) in [6.07, 6.45) is 1.52. The molecule has 23 heavy (non-hydrogen) atoms. The quantitative estimate of drug-likeness (QED) is 0.535. The van der Waals surface area contributed by atoms with E-state index in [1.807, 2.05) is 13.8 Å². The van der Waals surface area contributed by atoms with Crippen LogP contribution < -0.4 is 4.74 Å². The number of nitrogens with zero attached hydrogens (tertiary/aromatic N) is 1. The standard InChI is InChI=1S/C16H25NO6/c1-9(2)14(15(18)19-3)12-8-13(17-23-12)22-11-6-10(7-11)16(20-4)21-5/h8-11,14,16H,6-7H2,1-5H3. The van der Waals surface area contributed by atoms with Crippen molar-refractivity contribution in [3.05, 3.63) is 11.8 Å². The van der Waals surface area contributed by atoms with E-state index in [2.05, 4.69) is 5.16 Å². The summed E-state index contributed by atoms with van der Waals surface area (Å²) in [6.45, 7) is 3.85. The van der Waals surface area contributed by atoms with Crippen molar-refractivity contribution in [2.45, 2.75) is 45.0 Å². The summed E-state index contributed by atoms with van der Waals surface area (Å²) in [5.74, 6) is 0.397. The molecule has 0 amide bonds. The van der Waals surface area contributed by atoms with Gasteiger partial charge < -0.3 is 23.5 Å². The Bertz CT molecular complexity index is 504. The van der Waals surface area contributed by atoms with Crippen molar-refractivity contribution < 1.29 is 28.3 Å². The molecule has 1 aromatic heterocycles. The lowest BCUT2D eigenvalue weighted by Gasteiger charge is -2.37. The molecule has 0 aromatic carbocycles. The first-order valence-electron chi connectivity index (χ1n) is 7.76. The zero-order valence-electron chi connectivity index (χ0n) is 14.3. The molecule has 0 N–H and O–H groups in total. The Morgan fingerprint density at radius 3 is 2.43 bits per heavy atom. The van der Waals surface area contributed by atoms with Crippen molar-refractivity contribution in [3.8, 4) is 5.88 Å². The summed E-state index contributed by atoms with van der Waals surface area (Å²) < 4.78 is 26.3. The molecule has 2 rings (SSSR count). The highest BCUT2D eigenvalue weighted by molar-refractivity contribution is 5.77. The summed E-state index contributed by atoms with van der Waals surface area (Å²) in [5, 5.41) is 3.90. The largest absolute Gasteiger partial charge is 0.472 e. The second-order valence-electron chi connectivity index (χ2n) is 6.12. The van der Waals surface area contributed by atoms with E-state index < -0.39 is 5.92 Å². The third kappa shape index (κ3) is 4.03. The highest BCUT2D eigenvalue weighted by Gasteiger charge is 2.38. The van der Waals surface area contributed by atoms with Crippen LogP contribution >= 0.6 is 0 Å². The fourth-order valence-electron chi connectivity index (χ4n) is 2.89. The van der Waals surface area contributed by atoms with Gasteiger partial charge >= 0.3 is 5.97 Å². The lowest BCUT2D eigenvalue weighted by atomic mass is 9.81. The van der Waals surface area contributed by atoms with Gasteiger partial charge in [-0.25, -0.2) is 0 Å². The van der Waals surface area contributed by atoms with Crippen LogP contribution in [0.15, 0.2) is 10.6 Å². The molecule has 0 radical (unpaired) electrons. The van der Waals surface area contributed by atoms with E-state index >= 15 is 0 Å². The summed E-state index contributed by atoms with van der Waals surface area (Å²) in [6, 6.07) is 1.67. The van der Waals surface area contributed by atoms with E-state index in [4.69, 9.17) is 23.5 Å².